The van der Waals surface area contributed by atoms with Gasteiger partial charge in [0.05, 0.1) is 18.1 Å². The smallest absolute Gasteiger partial charge is 0.317 e. The Labute approximate surface area is 159 Å². The van der Waals surface area contributed by atoms with Gasteiger partial charge in [0.25, 0.3) is 0 Å². The lowest BCUT2D eigenvalue weighted by molar-refractivity contribution is -0.147. The van der Waals surface area contributed by atoms with E-state index in [0.717, 1.165) is 37.2 Å². The summed E-state index contributed by atoms with van der Waals surface area (Å²) >= 11 is 0. The van der Waals surface area contributed by atoms with E-state index in [1.807, 2.05) is 24.3 Å². The fourth-order valence-corrected chi connectivity index (χ4v) is 3.41. The molecule has 1 atom stereocenters. The molecule has 2 aliphatic heterocycles. The van der Waals surface area contributed by atoms with Gasteiger partial charge in [-0.05, 0) is 37.3 Å². The van der Waals surface area contributed by atoms with E-state index in [-0.39, 0.29) is 18.7 Å². The summed E-state index contributed by atoms with van der Waals surface area (Å²) in [4.78, 5) is 25.1. The van der Waals surface area contributed by atoms with Crippen LogP contribution in [0, 0.1) is 5.41 Å². The lowest BCUT2D eigenvalue weighted by atomic mass is 9.90. The highest BCUT2D eigenvalue weighted by molar-refractivity contribution is 5.79. The largest absolute Gasteiger partial charge is 0.481 e. The molecule has 2 N–H and O–H groups in total. The van der Waals surface area contributed by atoms with Crippen LogP contribution < -0.4 is 5.32 Å². The third-order valence-electron chi connectivity index (χ3n) is 5.40. The highest BCUT2D eigenvalue weighted by Gasteiger charge is 2.42. The summed E-state index contributed by atoms with van der Waals surface area (Å²) in [5.41, 5.74) is 1.26. The Kier molecular flexibility index (Phi) is 6.34. The molecule has 0 saturated carbocycles. The van der Waals surface area contributed by atoms with Crippen molar-refractivity contribution < 1.29 is 24.2 Å². The van der Waals surface area contributed by atoms with Crippen molar-refractivity contribution in [3.05, 3.63) is 35.4 Å². The molecule has 2 fully saturated rings. The zero-order valence-electron chi connectivity index (χ0n) is 15.8. The summed E-state index contributed by atoms with van der Waals surface area (Å²) in [7, 11) is 0. The van der Waals surface area contributed by atoms with E-state index in [1.54, 1.807) is 11.8 Å². The number of hydrogen-bond acceptors (Lipinski definition) is 4. The fraction of sp³-hybridized carbons (Fsp3) is 0.600. The van der Waals surface area contributed by atoms with Gasteiger partial charge in [0, 0.05) is 32.8 Å². The molecule has 27 heavy (non-hydrogen) atoms. The number of nitrogens with zero attached hydrogens (tertiary/aromatic N) is 1. The van der Waals surface area contributed by atoms with Crippen molar-refractivity contribution in [1.82, 2.24) is 10.2 Å². The van der Waals surface area contributed by atoms with Gasteiger partial charge in [-0.15, -0.1) is 0 Å². The van der Waals surface area contributed by atoms with Crippen molar-refractivity contribution in [3.8, 4) is 0 Å². The van der Waals surface area contributed by atoms with Gasteiger partial charge in [0.2, 0.25) is 0 Å². The Balaban J connectivity index is 1.42. The summed E-state index contributed by atoms with van der Waals surface area (Å²) in [6.45, 7) is 4.94. The number of aliphatic carboxylic acids is 1. The highest BCUT2D eigenvalue weighted by Crippen LogP contribution is 2.30. The molecule has 1 unspecified atom stereocenters. The first kappa shape index (κ1) is 19.6. The lowest BCUT2D eigenvalue weighted by Gasteiger charge is -2.22. The van der Waals surface area contributed by atoms with E-state index in [2.05, 4.69) is 5.32 Å². The van der Waals surface area contributed by atoms with Gasteiger partial charge in [-0.3, -0.25) is 4.79 Å². The molecule has 0 spiro atoms. The SMILES string of the molecule is CC1(C(=O)O)CCN(C(=O)NCc2ccc(COC3CCOCC3)cc2)C1. The van der Waals surface area contributed by atoms with Crippen molar-refractivity contribution in [2.24, 2.45) is 5.41 Å². The van der Waals surface area contributed by atoms with Crippen LogP contribution in [-0.2, 0) is 27.4 Å². The summed E-state index contributed by atoms with van der Waals surface area (Å²) in [6.07, 6.45) is 2.65. The number of carbonyl (C=O) groups excluding carboxylic acids is 1. The maximum absolute atomic E-state index is 12.3. The summed E-state index contributed by atoms with van der Waals surface area (Å²) < 4.78 is 11.2. The van der Waals surface area contributed by atoms with Gasteiger partial charge in [-0.1, -0.05) is 24.3 Å². The van der Waals surface area contributed by atoms with Gasteiger partial charge >= 0.3 is 12.0 Å². The average molecular weight is 376 g/mol. The molecule has 1 aromatic rings. The van der Waals surface area contributed by atoms with Crippen LogP contribution in [0.5, 0.6) is 0 Å². The first-order valence-electron chi connectivity index (χ1n) is 9.50. The number of nitrogens with one attached hydrogen (secondary N) is 1. The highest BCUT2D eigenvalue weighted by atomic mass is 16.5. The van der Waals surface area contributed by atoms with Crippen molar-refractivity contribution in [2.75, 3.05) is 26.3 Å². The van der Waals surface area contributed by atoms with Crippen LogP contribution in [0.4, 0.5) is 4.79 Å². The summed E-state index contributed by atoms with van der Waals surface area (Å²) in [6, 6.07) is 7.77. The molecule has 2 saturated heterocycles. The van der Waals surface area contributed by atoms with Crippen LogP contribution in [0.1, 0.15) is 37.3 Å². The maximum atomic E-state index is 12.3. The fourth-order valence-electron chi connectivity index (χ4n) is 3.41. The zero-order chi connectivity index (χ0) is 19.3. The number of likely N-dealkylation sites (tertiary alicyclic amines) is 1. The minimum atomic E-state index is -0.851. The normalized spacial score (nSPS) is 23.4. The Morgan fingerprint density at radius 3 is 2.56 bits per heavy atom. The molecule has 2 amide bonds. The molecule has 1 aromatic carbocycles. The van der Waals surface area contributed by atoms with Crippen LogP contribution in [0.25, 0.3) is 0 Å². The quantitative estimate of drug-likeness (QED) is 0.796. The van der Waals surface area contributed by atoms with Crippen LogP contribution in [0.3, 0.4) is 0 Å². The van der Waals surface area contributed by atoms with E-state index < -0.39 is 11.4 Å². The molecule has 0 bridgehead atoms. The van der Waals surface area contributed by atoms with Gasteiger partial charge in [-0.2, -0.15) is 0 Å². The van der Waals surface area contributed by atoms with E-state index in [1.165, 1.54) is 0 Å². The average Bonchev–Trinajstić information content (AvgIpc) is 3.10. The van der Waals surface area contributed by atoms with Gasteiger partial charge < -0.3 is 24.8 Å². The number of carboxylic acid groups (broad SMARTS) is 1. The van der Waals surface area contributed by atoms with E-state index in [9.17, 15) is 14.7 Å². The second kappa shape index (κ2) is 8.71. The number of hydrogen-bond donors (Lipinski definition) is 2. The first-order chi connectivity index (χ1) is 13.0. The number of amides is 2. The number of urea groups is 1. The number of benzene rings is 1. The number of carbonyl (C=O) groups is 2. The summed E-state index contributed by atoms with van der Waals surface area (Å²) in [5.74, 6) is -0.851. The number of rotatable bonds is 6. The minimum absolute atomic E-state index is 0.216. The third kappa shape index (κ3) is 5.20. The molecule has 7 nitrogen and oxygen atoms in total. The Bertz CT molecular complexity index is 657. The monoisotopic (exact) mass is 376 g/mol. The summed E-state index contributed by atoms with van der Waals surface area (Å²) in [5, 5.41) is 12.1. The van der Waals surface area contributed by atoms with E-state index >= 15 is 0 Å². The standard InChI is InChI=1S/C20H28N2O5/c1-20(18(23)24)8-9-22(14-20)19(25)21-12-15-2-4-16(5-3-15)13-27-17-6-10-26-11-7-17/h2-5,17H,6-14H2,1H3,(H,21,25)(H,23,24). The Morgan fingerprint density at radius 1 is 1.26 bits per heavy atom. The van der Waals surface area contributed by atoms with Crippen LogP contribution in [0.2, 0.25) is 0 Å². The Hall–Kier alpha value is -2.12. The second-order valence-electron chi connectivity index (χ2n) is 7.64. The topological polar surface area (TPSA) is 88.1 Å². The van der Waals surface area contributed by atoms with Gasteiger partial charge in [0.15, 0.2) is 0 Å². The lowest BCUT2D eigenvalue weighted by Crippen LogP contribution is -2.40. The predicted molar refractivity (Wildman–Crippen MR) is 99.2 cm³/mol. The molecular weight excluding hydrogens is 348 g/mol. The molecule has 0 aliphatic carbocycles. The van der Waals surface area contributed by atoms with Crippen molar-refractivity contribution in [1.29, 1.82) is 0 Å². The molecule has 0 radical (unpaired) electrons. The first-order valence-corrected chi connectivity index (χ1v) is 9.50. The van der Waals surface area contributed by atoms with E-state index in [0.29, 0.717) is 26.1 Å². The van der Waals surface area contributed by atoms with Crippen LogP contribution in [-0.4, -0.2) is 54.4 Å². The van der Waals surface area contributed by atoms with E-state index in [4.69, 9.17) is 9.47 Å². The van der Waals surface area contributed by atoms with Crippen LogP contribution >= 0.6 is 0 Å². The van der Waals surface area contributed by atoms with Crippen molar-refractivity contribution >= 4 is 12.0 Å². The Morgan fingerprint density at radius 2 is 1.93 bits per heavy atom. The number of carboxylic acids is 1. The number of ether oxygens (including phenoxy) is 2. The molecular formula is C20H28N2O5. The zero-order valence-corrected chi connectivity index (χ0v) is 15.8. The molecule has 0 aromatic heterocycles. The van der Waals surface area contributed by atoms with Gasteiger partial charge in [-0.25, -0.2) is 4.79 Å². The molecule has 148 valence electrons. The molecule has 2 heterocycles. The van der Waals surface area contributed by atoms with Crippen LogP contribution in [0.15, 0.2) is 24.3 Å². The van der Waals surface area contributed by atoms with Crippen molar-refractivity contribution in [2.45, 2.75) is 45.4 Å². The van der Waals surface area contributed by atoms with Crippen molar-refractivity contribution in [3.63, 3.8) is 0 Å². The third-order valence-corrected chi connectivity index (χ3v) is 5.40. The molecule has 2 aliphatic rings. The maximum Gasteiger partial charge on any atom is 0.317 e. The van der Waals surface area contributed by atoms with Gasteiger partial charge in [0.1, 0.15) is 0 Å². The molecule has 7 heteroatoms. The predicted octanol–water partition coefficient (Wildman–Crippen LogP) is 2.39. The second-order valence-corrected chi connectivity index (χ2v) is 7.64. The molecule has 3 rings (SSSR count). The minimum Gasteiger partial charge on any atom is -0.481 e.